The highest BCUT2D eigenvalue weighted by molar-refractivity contribution is 5.05. The molecular formula is C6H12N2. The number of nitrogens with two attached hydrogens (primary N) is 1. The zero-order valence-electron chi connectivity index (χ0n) is 5.09. The Bertz CT molecular complexity index is 98.7. The van der Waals surface area contributed by atoms with Crippen LogP contribution in [0.4, 0.5) is 0 Å². The van der Waals surface area contributed by atoms with E-state index in [1.165, 1.54) is 0 Å². The molecule has 1 heterocycles. The van der Waals surface area contributed by atoms with E-state index < -0.39 is 0 Å². The molecule has 0 spiro atoms. The third kappa shape index (κ3) is 1.08. The molecule has 0 aliphatic carbocycles. The number of hydrogen-bond donors (Lipinski definition) is 2. The zero-order valence-corrected chi connectivity index (χ0v) is 5.09. The Balaban J connectivity index is 2.34. The molecule has 3 N–H and O–H groups in total. The maximum absolute atomic E-state index is 5.50. The van der Waals surface area contributed by atoms with E-state index in [2.05, 4.69) is 18.3 Å². The molecule has 0 amide bonds. The minimum atomic E-state index is 0.0972. The lowest BCUT2D eigenvalue weighted by Gasteiger charge is -2.06. The Morgan fingerprint density at radius 3 is 2.62 bits per heavy atom. The predicted octanol–water partition coefficient (Wildman–Crippen LogP) is 0.209. The second-order valence-electron chi connectivity index (χ2n) is 2.09. The molecule has 0 aromatic heterocycles. The summed E-state index contributed by atoms with van der Waals surface area (Å²) < 4.78 is 0. The normalized spacial score (nSPS) is 36.2. The highest BCUT2D eigenvalue weighted by atomic mass is 15.1. The van der Waals surface area contributed by atoms with Gasteiger partial charge in [0.05, 0.1) is 6.17 Å². The van der Waals surface area contributed by atoms with E-state index in [1.807, 2.05) is 6.08 Å². The molecule has 2 heteroatoms. The van der Waals surface area contributed by atoms with Crippen molar-refractivity contribution >= 4 is 0 Å². The fraction of sp³-hybridized carbons (Fsp3) is 0.667. The highest BCUT2D eigenvalue weighted by Crippen LogP contribution is 2.00. The van der Waals surface area contributed by atoms with Crippen molar-refractivity contribution in [1.29, 1.82) is 0 Å². The molecule has 0 fully saturated rings. The standard InChI is InChI=1S/C6H12N2/c1-2-5-3-4-6(7)8-5/h3-6,8H,2,7H2,1H3. The van der Waals surface area contributed by atoms with Crippen LogP contribution in [-0.2, 0) is 0 Å². The van der Waals surface area contributed by atoms with Gasteiger partial charge in [-0.05, 0) is 6.42 Å². The Labute approximate surface area is 49.8 Å². The highest BCUT2D eigenvalue weighted by Gasteiger charge is 2.10. The van der Waals surface area contributed by atoms with Crippen LogP contribution in [0.25, 0.3) is 0 Å². The lowest BCUT2D eigenvalue weighted by atomic mass is 10.2. The summed E-state index contributed by atoms with van der Waals surface area (Å²) in [5.41, 5.74) is 5.50. The SMILES string of the molecule is CCC1C=CC(N)N1. The second-order valence-corrected chi connectivity index (χ2v) is 2.09. The van der Waals surface area contributed by atoms with E-state index in [1.54, 1.807) is 0 Å². The molecule has 2 nitrogen and oxygen atoms in total. The van der Waals surface area contributed by atoms with Crippen LogP contribution in [0.1, 0.15) is 13.3 Å². The van der Waals surface area contributed by atoms with Gasteiger partial charge in [-0.2, -0.15) is 0 Å². The molecule has 0 saturated heterocycles. The number of nitrogens with one attached hydrogen (secondary N) is 1. The Hall–Kier alpha value is -0.340. The van der Waals surface area contributed by atoms with E-state index in [4.69, 9.17) is 5.73 Å². The average Bonchev–Trinajstić information content (AvgIpc) is 2.14. The van der Waals surface area contributed by atoms with E-state index in [0.29, 0.717) is 6.04 Å². The van der Waals surface area contributed by atoms with E-state index in [-0.39, 0.29) is 6.17 Å². The van der Waals surface area contributed by atoms with Crippen LogP contribution in [0.2, 0.25) is 0 Å². The molecular weight excluding hydrogens is 100 g/mol. The largest absolute Gasteiger partial charge is 0.313 e. The second kappa shape index (κ2) is 2.29. The van der Waals surface area contributed by atoms with Crippen LogP contribution in [0.15, 0.2) is 12.2 Å². The Morgan fingerprint density at radius 2 is 2.38 bits per heavy atom. The lowest BCUT2D eigenvalue weighted by molar-refractivity contribution is 0.566. The van der Waals surface area contributed by atoms with Crippen LogP contribution in [-0.4, -0.2) is 12.2 Å². The van der Waals surface area contributed by atoms with Crippen molar-refractivity contribution in [3.8, 4) is 0 Å². The monoisotopic (exact) mass is 112 g/mol. The van der Waals surface area contributed by atoms with Crippen LogP contribution in [0.3, 0.4) is 0 Å². The first-order valence-corrected chi connectivity index (χ1v) is 3.03. The molecule has 0 bridgehead atoms. The summed E-state index contributed by atoms with van der Waals surface area (Å²) in [6, 6.07) is 0.519. The Kier molecular flexibility index (Phi) is 1.65. The quantitative estimate of drug-likeness (QED) is 0.476. The summed E-state index contributed by atoms with van der Waals surface area (Å²) in [5, 5.41) is 3.17. The zero-order chi connectivity index (χ0) is 5.98. The molecule has 2 unspecified atom stereocenters. The van der Waals surface area contributed by atoms with Crippen LogP contribution in [0, 0.1) is 0 Å². The minimum Gasteiger partial charge on any atom is -0.313 e. The fourth-order valence-electron chi connectivity index (χ4n) is 0.866. The van der Waals surface area contributed by atoms with Crippen molar-refractivity contribution in [2.24, 2.45) is 5.73 Å². The summed E-state index contributed by atoms with van der Waals surface area (Å²) in [4.78, 5) is 0. The average molecular weight is 112 g/mol. The molecule has 46 valence electrons. The predicted molar refractivity (Wildman–Crippen MR) is 34.3 cm³/mol. The third-order valence-electron chi connectivity index (χ3n) is 1.40. The van der Waals surface area contributed by atoms with Gasteiger partial charge in [-0.1, -0.05) is 19.1 Å². The van der Waals surface area contributed by atoms with Gasteiger partial charge in [0, 0.05) is 6.04 Å². The fourth-order valence-corrected chi connectivity index (χ4v) is 0.866. The van der Waals surface area contributed by atoms with Crippen molar-refractivity contribution in [3.63, 3.8) is 0 Å². The van der Waals surface area contributed by atoms with Crippen molar-refractivity contribution in [2.45, 2.75) is 25.6 Å². The first kappa shape index (κ1) is 5.79. The first-order chi connectivity index (χ1) is 3.83. The topological polar surface area (TPSA) is 38.0 Å². The molecule has 8 heavy (non-hydrogen) atoms. The summed E-state index contributed by atoms with van der Waals surface area (Å²) >= 11 is 0. The van der Waals surface area contributed by atoms with Gasteiger partial charge in [0.1, 0.15) is 0 Å². The maximum atomic E-state index is 5.50. The van der Waals surface area contributed by atoms with Crippen molar-refractivity contribution in [2.75, 3.05) is 0 Å². The van der Waals surface area contributed by atoms with Gasteiger partial charge < -0.3 is 5.73 Å². The van der Waals surface area contributed by atoms with E-state index >= 15 is 0 Å². The molecule has 1 aliphatic heterocycles. The summed E-state index contributed by atoms with van der Waals surface area (Å²) in [6.45, 7) is 2.14. The molecule has 1 rings (SSSR count). The smallest absolute Gasteiger partial charge is 0.0743 e. The van der Waals surface area contributed by atoms with Gasteiger partial charge in [0.15, 0.2) is 0 Å². The first-order valence-electron chi connectivity index (χ1n) is 3.03. The van der Waals surface area contributed by atoms with Crippen molar-refractivity contribution in [3.05, 3.63) is 12.2 Å². The molecule has 1 aliphatic rings. The minimum absolute atomic E-state index is 0.0972. The summed E-state index contributed by atoms with van der Waals surface area (Å²) in [6.07, 6.45) is 5.34. The third-order valence-corrected chi connectivity index (χ3v) is 1.40. The van der Waals surface area contributed by atoms with Gasteiger partial charge in [-0.15, -0.1) is 0 Å². The molecule has 0 aromatic carbocycles. The van der Waals surface area contributed by atoms with E-state index in [0.717, 1.165) is 6.42 Å². The number of rotatable bonds is 1. The van der Waals surface area contributed by atoms with Gasteiger partial charge in [-0.3, -0.25) is 5.32 Å². The van der Waals surface area contributed by atoms with Crippen LogP contribution in [0.5, 0.6) is 0 Å². The molecule has 0 radical (unpaired) electrons. The van der Waals surface area contributed by atoms with Crippen molar-refractivity contribution < 1.29 is 0 Å². The molecule has 0 aromatic rings. The van der Waals surface area contributed by atoms with Crippen LogP contribution < -0.4 is 11.1 Å². The van der Waals surface area contributed by atoms with Gasteiger partial charge in [0.25, 0.3) is 0 Å². The molecule has 2 atom stereocenters. The van der Waals surface area contributed by atoms with E-state index in [9.17, 15) is 0 Å². The van der Waals surface area contributed by atoms with Gasteiger partial charge >= 0.3 is 0 Å². The summed E-state index contributed by atoms with van der Waals surface area (Å²) in [7, 11) is 0. The Morgan fingerprint density at radius 1 is 1.62 bits per heavy atom. The molecule has 0 saturated carbocycles. The van der Waals surface area contributed by atoms with Gasteiger partial charge in [0.2, 0.25) is 0 Å². The van der Waals surface area contributed by atoms with Crippen molar-refractivity contribution in [1.82, 2.24) is 5.32 Å². The number of hydrogen-bond acceptors (Lipinski definition) is 2. The maximum Gasteiger partial charge on any atom is 0.0743 e. The lowest BCUT2D eigenvalue weighted by Crippen LogP contribution is -2.36. The van der Waals surface area contributed by atoms with Crippen LogP contribution >= 0.6 is 0 Å². The van der Waals surface area contributed by atoms with Gasteiger partial charge in [-0.25, -0.2) is 0 Å². The summed E-state index contributed by atoms with van der Waals surface area (Å²) in [5.74, 6) is 0.